The van der Waals surface area contributed by atoms with E-state index in [-0.39, 0.29) is 6.42 Å². The summed E-state index contributed by atoms with van der Waals surface area (Å²) in [6, 6.07) is 8.38. The number of benzene rings is 2. The maximum atomic E-state index is 13.0. The topological polar surface area (TPSA) is 179 Å². The Kier molecular flexibility index (Phi) is 8.29. The third kappa shape index (κ3) is 6.84. The molecule has 0 radical (unpaired) electrons. The number of carbonyl (C=O) groups is 2. The van der Waals surface area contributed by atoms with Gasteiger partial charge in [-0.3, -0.25) is 9.59 Å². The normalized spacial score (nSPS) is 25.3. The van der Waals surface area contributed by atoms with E-state index < -0.39 is 81.2 Å². The van der Waals surface area contributed by atoms with Crippen molar-refractivity contribution in [2.45, 2.75) is 60.2 Å². The molecule has 2 amide bonds. The van der Waals surface area contributed by atoms with Gasteiger partial charge in [0.15, 0.2) is 0 Å². The summed E-state index contributed by atoms with van der Waals surface area (Å²) in [5.74, 6) is -2.07. The summed E-state index contributed by atoms with van der Waals surface area (Å²) < 4.78 is 66.6. The fraction of sp³-hybridized carbons (Fsp3) is 0.391. The zero-order valence-electron chi connectivity index (χ0n) is 19.2. The number of nitrogens with two attached hydrogens (primary N) is 1. The first kappa shape index (κ1) is 28.5. The molecular weight excluding hydrogens is 519 g/mol. The number of primary amides is 1. The Labute approximate surface area is 210 Å². The van der Waals surface area contributed by atoms with E-state index in [0.29, 0.717) is 17.7 Å². The van der Waals surface area contributed by atoms with Crippen molar-refractivity contribution in [1.29, 1.82) is 0 Å². The number of nitrogens with one attached hydrogen (secondary N) is 2. The summed E-state index contributed by atoms with van der Waals surface area (Å²) in [6.45, 7) is 0. The number of carbonyl (C=O) groups excluding carboxylic acids is 2. The lowest BCUT2D eigenvalue weighted by atomic mass is 9.78. The van der Waals surface area contributed by atoms with Crippen LogP contribution >= 0.6 is 0 Å². The minimum atomic E-state index is -4.82. The van der Waals surface area contributed by atoms with Crippen LogP contribution in [0.3, 0.4) is 0 Å². The van der Waals surface area contributed by atoms with Crippen molar-refractivity contribution >= 4 is 21.8 Å². The van der Waals surface area contributed by atoms with E-state index in [1.165, 1.54) is 0 Å². The third-order valence-electron chi connectivity index (χ3n) is 6.04. The molecule has 202 valence electrons. The fourth-order valence-corrected chi connectivity index (χ4v) is 5.37. The number of aliphatic hydroxyl groups is 3. The molecule has 0 saturated heterocycles. The average molecular weight is 546 g/mol. The lowest BCUT2D eigenvalue weighted by Crippen LogP contribution is -2.64. The minimum Gasteiger partial charge on any atom is -0.390 e. The van der Waals surface area contributed by atoms with E-state index >= 15 is 0 Å². The molecule has 0 spiro atoms. The van der Waals surface area contributed by atoms with Crippen LogP contribution in [0.1, 0.15) is 24.0 Å². The van der Waals surface area contributed by atoms with Crippen LogP contribution in [0.5, 0.6) is 0 Å². The molecular formula is C23H26F3N3O7S. The fourth-order valence-electron chi connectivity index (χ4n) is 4.07. The first-order valence-corrected chi connectivity index (χ1v) is 12.5. The van der Waals surface area contributed by atoms with Gasteiger partial charge in [0.1, 0.15) is 11.6 Å². The number of hydrogen-bond donors (Lipinski definition) is 6. The Morgan fingerprint density at radius 1 is 1.08 bits per heavy atom. The number of halogens is 3. The van der Waals surface area contributed by atoms with Gasteiger partial charge in [-0.2, -0.15) is 13.2 Å². The van der Waals surface area contributed by atoms with Crippen LogP contribution in [-0.2, 0) is 32.2 Å². The summed E-state index contributed by atoms with van der Waals surface area (Å²) >= 11 is 0. The molecule has 37 heavy (non-hydrogen) atoms. The number of sulfonamides is 1. The molecule has 0 aromatic heterocycles. The molecule has 2 aromatic rings. The van der Waals surface area contributed by atoms with Gasteiger partial charge in [-0.05, 0) is 23.8 Å². The smallest absolute Gasteiger partial charge is 0.390 e. The zero-order valence-corrected chi connectivity index (χ0v) is 20.0. The second-order valence-corrected chi connectivity index (χ2v) is 10.6. The van der Waals surface area contributed by atoms with Crippen LogP contribution in [-0.4, -0.2) is 65.4 Å². The van der Waals surface area contributed by atoms with Crippen LogP contribution in [0.25, 0.3) is 0 Å². The Bertz CT molecular complexity index is 1240. The summed E-state index contributed by atoms with van der Waals surface area (Å²) in [7, 11) is -4.69. The van der Waals surface area contributed by atoms with Crippen LogP contribution in [0, 0.1) is 0 Å². The molecule has 0 heterocycles. The van der Waals surface area contributed by atoms with Crippen LogP contribution in [0.2, 0.25) is 0 Å². The molecule has 5 atom stereocenters. The summed E-state index contributed by atoms with van der Waals surface area (Å²) in [4.78, 5) is 24.1. The number of alkyl halides is 3. The predicted octanol–water partition coefficient (Wildman–Crippen LogP) is -0.188. The largest absolute Gasteiger partial charge is 0.416 e. The monoisotopic (exact) mass is 545 g/mol. The van der Waals surface area contributed by atoms with Crippen molar-refractivity contribution in [3.05, 3.63) is 65.7 Å². The van der Waals surface area contributed by atoms with Crippen molar-refractivity contribution in [2.24, 2.45) is 5.73 Å². The third-order valence-corrected chi connectivity index (χ3v) is 7.53. The van der Waals surface area contributed by atoms with Crippen molar-refractivity contribution in [1.82, 2.24) is 10.0 Å². The van der Waals surface area contributed by atoms with Gasteiger partial charge >= 0.3 is 6.18 Å². The quantitative estimate of drug-likeness (QED) is 0.266. The average Bonchev–Trinajstić information content (AvgIpc) is 2.81. The number of aliphatic hydroxyl groups excluding tert-OH is 2. The molecule has 1 aliphatic carbocycles. The summed E-state index contributed by atoms with van der Waals surface area (Å²) in [5.41, 5.74) is 2.33. The highest BCUT2D eigenvalue weighted by Gasteiger charge is 2.50. The van der Waals surface area contributed by atoms with E-state index in [1.807, 2.05) is 4.72 Å². The van der Waals surface area contributed by atoms with E-state index in [4.69, 9.17) is 5.73 Å². The van der Waals surface area contributed by atoms with Gasteiger partial charge in [-0.1, -0.05) is 36.4 Å². The van der Waals surface area contributed by atoms with Gasteiger partial charge in [0, 0.05) is 19.3 Å². The van der Waals surface area contributed by atoms with Crippen LogP contribution < -0.4 is 15.8 Å². The maximum Gasteiger partial charge on any atom is 0.416 e. The van der Waals surface area contributed by atoms with Crippen LogP contribution in [0.15, 0.2) is 59.5 Å². The van der Waals surface area contributed by atoms with Crippen molar-refractivity contribution in [3.8, 4) is 0 Å². The molecule has 7 N–H and O–H groups in total. The number of rotatable bonds is 8. The number of amides is 2. The molecule has 0 unspecified atom stereocenters. The SMILES string of the molecule is NC(=O)[C@@H](Cc1ccccc1)NC(=O)[C@@]1(O)C[C@@H](O)[C@H](O)[C@@H](NS(=O)(=O)c2cccc(C(F)(F)F)c2)C1. The van der Waals surface area contributed by atoms with E-state index in [0.717, 1.165) is 12.1 Å². The van der Waals surface area contributed by atoms with Gasteiger partial charge in [0.25, 0.3) is 5.91 Å². The van der Waals surface area contributed by atoms with Crippen molar-refractivity contribution < 1.29 is 46.5 Å². The van der Waals surface area contributed by atoms with Gasteiger partial charge in [0.2, 0.25) is 15.9 Å². The van der Waals surface area contributed by atoms with Gasteiger partial charge in [-0.25, -0.2) is 13.1 Å². The standard InChI is InChI=1S/C23H26F3N3O7S/c24-23(25,26)14-7-4-8-15(10-14)37(35,36)29-17-11-22(34,12-18(30)19(17)31)21(33)28-16(20(27)32)9-13-5-2-1-3-6-13/h1-8,10,16-19,29-31,34H,9,11-12H2,(H2,27,32)(H,28,33)/t16-,17+,18-,19-,22+/m1/s1. The Morgan fingerprint density at radius 3 is 2.32 bits per heavy atom. The molecule has 0 aliphatic heterocycles. The molecule has 14 heteroatoms. The molecule has 10 nitrogen and oxygen atoms in total. The molecule has 1 saturated carbocycles. The van der Waals surface area contributed by atoms with Gasteiger partial charge in [-0.15, -0.1) is 0 Å². The highest BCUT2D eigenvalue weighted by Crippen LogP contribution is 2.33. The zero-order chi connectivity index (χ0) is 27.6. The first-order valence-electron chi connectivity index (χ1n) is 11.0. The van der Waals surface area contributed by atoms with E-state index in [2.05, 4.69) is 5.32 Å². The van der Waals surface area contributed by atoms with Crippen LogP contribution in [0.4, 0.5) is 13.2 Å². The highest BCUT2D eigenvalue weighted by molar-refractivity contribution is 7.89. The molecule has 2 aromatic carbocycles. The first-order chi connectivity index (χ1) is 17.1. The van der Waals surface area contributed by atoms with Gasteiger partial charge in [0.05, 0.1) is 28.7 Å². The predicted molar refractivity (Wildman–Crippen MR) is 123 cm³/mol. The highest BCUT2D eigenvalue weighted by atomic mass is 32.2. The molecule has 0 bridgehead atoms. The molecule has 1 aliphatic rings. The second kappa shape index (κ2) is 10.8. The lowest BCUT2D eigenvalue weighted by molar-refractivity contribution is -0.158. The Balaban J connectivity index is 1.80. The minimum absolute atomic E-state index is 0.0191. The maximum absolute atomic E-state index is 13.0. The lowest BCUT2D eigenvalue weighted by Gasteiger charge is -2.41. The second-order valence-electron chi connectivity index (χ2n) is 8.87. The molecule has 1 fully saturated rings. The Hall–Kier alpha value is -3.04. The van der Waals surface area contributed by atoms with E-state index in [1.54, 1.807) is 30.3 Å². The van der Waals surface area contributed by atoms with Crippen molar-refractivity contribution in [3.63, 3.8) is 0 Å². The van der Waals surface area contributed by atoms with Gasteiger partial charge < -0.3 is 26.4 Å². The van der Waals surface area contributed by atoms with Crippen molar-refractivity contribution in [2.75, 3.05) is 0 Å². The summed E-state index contributed by atoms with van der Waals surface area (Å²) in [5, 5.41) is 33.9. The summed E-state index contributed by atoms with van der Waals surface area (Å²) in [6.07, 6.45) is -9.90. The number of hydrogen-bond acceptors (Lipinski definition) is 7. The van der Waals surface area contributed by atoms with E-state index in [9.17, 15) is 46.5 Å². The Morgan fingerprint density at radius 2 is 1.73 bits per heavy atom. The molecule has 3 rings (SSSR count).